The highest BCUT2D eigenvalue weighted by molar-refractivity contribution is 5.81. The molecule has 0 saturated carbocycles. The van der Waals surface area contributed by atoms with Crippen molar-refractivity contribution in [2.75, 3.05) is 0 Å². The number of aliphatic hydroxyl groups excluding tert-OH is 1. The third-order valence-corrected chi connectivity index (χ3v) is 1.68. The minimum Gasteiger partial charge on any atom is -0.481 e. The van der Waals surface area contributed by atoms with Crippen molar-refractivity contribution < 1.29 is 24.9 Å². The lowest BCUT2D eigenvalue weighted by molar-refractivity contribution is -0.160. The summed E-state index contributed by atoms with van der Waals surface area (Å²) in [5.41, 5.74) is 0. The van der Waals surface area contributed by atoms with Gasteiger partial charge < -0.3 is 15.3 Å². The van der Waals surface area contributed by atoms with E-state index >= 15 is 0 Å². The van der Waals surface area contributed by atoms with Gasteiger partial charge in [0.2, 0.25) is 0 Å². The number of carboxylic acid groups (broad SMARTS) is 2. The van der Waals surface area contributed by atoms with Gasteiger partial charge in [-0.3, -0.25) is 4.79 Å². The van der Waals surface area contributed by atoms with E-state index in [4.69, 9.17) is 15.3 Å². The predicted octanol–water partition coefficient (Wildman–Crippen LogP) is 0.179. The minimum absolute atomic E-state index is 0.0371. The van der Waals surface area contributed by atoms with Gasteiger partial charge >= 0.3 is 11.9 Å². The summed E-state index contributed by atoms with van der Waals surface area (Å²) in [4.78, 5) is 20.9. The molecule has 0 aromatic rings. The maximum absolute atomic E-state index is 10.6. The van der Waals surface area contributed by atoms with Crippen molar-refractivity contribution in [3.05, 3.63) is 0 Å². The van der Waals surface area contributed by atoms with Gasteiger partial charge in [-0.1, -0.05) is 13.8 Å². The van der Waals surface area contributed by atoms with Crippen molar-refractivity contribution >= 4 is 11.9 Å². The van der Waals surface area contributed by atoms with E-state index in [0.717, 1.165) is 0 Å². The van der Waals surface area contributed by atoms with Crippen molar-refractivity contribution in [3.8, 4) is 0 Å². The number of rotatable bonds is 5. The van der Waals surface area contributed by atoms with Crippen molar-refractivity contribution in [2.45, 2.75) is 26.4 Å². The van der Waals surface area contributed by atoms with Gasteiger partial charge in [-0.25, -0.2) is 4.79 Å². The summed E-state index contributed by atoms with van der Waals surface area (Å²) in [7, 11) is 0. The summed E-state index contributed by atoms with van der Waals surface area (Å²) in [6.45, 7) is 3.54. The molecule has 5 nitrogen and oxygen atoms in total. The lowest BCUT2D eigenvalue weighted by Crippen LogP contribution is -2.35. The highest BCUT2D eigenvalue weighted by Crippen LogP contribution is 2.16. The molecule has 0 heterocycles. The zero-order chi connectivity index (χ0) is 10.6. The van der Waals surface area contributed by atoms with Crippen molar-refractivity contribution in [3.63, 3.8) is 0 Å². The zero-order valence-electron chi connectivity index (χ0n) is 7.60. The van der Waals surface area contributed by atoms with E-state index in [2.05, 4.69) is 0 Å². The van der Waals surface area contributed by atoms with Crippen LogP contribution in [0, 0.1) is 11.8 Å². The van der Waals surface area contributed by atoms with Gasteiger partial charge in [-0.2, -0.15) is 0 Å². The Hall–Kier alpha value is -1.10. The molecule has 13 heavy (non-hydrogen) atoms. The fraction of sp³-hybridized carbons (Fsp3) is 0.750. The molecule has 0 aliphatic rings. The largest absolute Gasteiger partial charge is 0.481 e. The Morgan fingerprint density at radius 3 is 1.85 bits per heavy atom. The van der Waals surface area contributed by atoms with Gasteiger partial charge in [0, 0.05) is 0 Å². The first-order valence-corrected chi connectivity index (χ1v) is 4.00. The Balaban J connectivity index is 4.42. The Morgan fingerprint density at radius 2 is 1.62 bits per heavy atom. The zero-order valence-corrected chi connectivity index (χ0v) is 7.60. The van der Waals surface area contributed by atoms with E-state index < -0.39 is 24.0 Å². The van der Waals surface area contributed by atoms with Gasteiger partial charge in [0.15, 0.2) is 6.10 Å². The second-order valence-electron chi connectivity index (χ2n) is 3.36. The first kappa shape index (κ1) is 11.9. The van der Waals surface area contributed by atoms with Crippen LogP contribution in [-0.2, 0) is 9.59 Å². The molecule has 0 amide bonds. The van der Waals surface area contributed by atoms with E-state index in [-0.39, 0.29) is 12.3 Å². The highest BCUT2D eigenvalue weighted by Gasteiger charge is 2.32. The minimum atomic E-state index is -1.82. The molecule has 0 aromatic carbocycles. The maximum atomic E-state index is 10.6. The van der Waals surface area contributed by atoms with Crippen LogP contribution in [0.15, 0.2) is 0 Å². The van der Waals surface area contributed by atoms with Crippen molar-refractivity contribution in [1.29, 1.82) is 0 Å². The molecule has 0 radical (unpaired) electrons. The van der Waals surface area contributed by atoms with Crippen LogP contribution < -0.4 is 0 Å². The van der Waals surface area contributed by atoms with Crippen molar-refractivity contribution in [2.24, 2.45) is 11.8 Å². The Kier molecular flexibility index (Phi) is 4.40. The van der Waals surface area contributed by atoms with E-state index in [1.165, 1.54) is 0 Å². The first-order chi connectivity index (χ1) is 5.86. The fourth-order valence-corrected chi connectivity index (χ4v) is 1.04. The van der Waals surface area contributed by atoms with Crippen LogP contribution >= 0.6 is 0 Å². The summed E-state index contributed by atoms with van der Waals surface area (Å²) in [5, 5.41) is 26.0. The average molecular weight is 190 g/mol. The second-order valence-corrected chi connectivity index (χ2v) is 3.36. The van der Waals surface area contributed by atoms with Crippen LogP contribution in [0.3, 0.4) is 0 Å². The molecule has 0 aromatic heterocycles. The van der Waals surface area contributed by atoms with Crippen LogP contribution in [0.25, 0.3) is 0 Å². The number of carbonyl (C=O) groups is 2. The Labute approximate surface area is 76.0 Å². The molecule has 0 aliphatic heterocycles. The SMILES string of the molecule is CC(C)C[C@@H](C(=O)O)[C@H](O)C(=O)O. The summed E-state index contributed by atoms with van der Waals surface area (Å²) in [6, 6.07) is 0. The third-order valence-electron chi connectivity index (χ3n) is 1.68. The standard InChI is InChI=1S/C8H14O5/c1-4(2)3-5(7(10)11)6(9)8(12)13/h4-6,9H,3H2,1-2H3,(H,10,11)(H,12,13)/t5-,6+/m1/s1. The molecule has 76 valence electrons. The third kappa shape index (κ3) is 3.89. The van der Waals surface area contributed by atoms with Crippen LogP contribution in [0.4, 0.5) is 0 Å². The molecule has 5 heteroatoms. The highest BCUT2D eigenvalue weighted by atomic mass is 16.4. The molecule has 0 aliphatic carbocycles. The summed E-state index contributed by atoms with van der Waals surface area (Å²) in [5.74, 6) is -3.95. The van der Waals surface area contributed by atoms with Crippen molar-refractivity contribution in [1.82, 2.24) is 0 Å². The van der Waals surface area contributed by atoms with Gasteiger partial charge in [-0.05, 0) is 12.3 Å². The van der Waals surface area contributed by atoms with Crippen LogP contribution in [0.5, 0.6) is 0 Å². The molecule has 0 bridgehead atoms. The average Bonchev–Trinajstić information content (AvgIpc) is 1.97. The van der Waals surface area contributed by atoms with Gasteiger partial charge in [0.1, 0.15) is 0 Å². The topological polar surface area (TPSA) is 94.8 Å². The lowest BCUT2D eigenvalue weighted by atomic mass is 9.92. The molecular weight excluding hydrogens is 176 g/mol. The quantitative estimate of drug-likeness (QED) is 0.574. The summed E-state index contributed by atoms with van der Waals surface area (Å²) >= 11 is 0. The second kappa shape index (κ2) is 4.81. The molecular formula is C8H14O5. The Bertz CT molecular complexity index is 199. The summed E-state index contributed by atoms with van der Waals surface area (Å²) < 4.78 is 0. The van der Waals surface area contributed by atoms with E-state index in [9.17, 15) is 9.59 Å². The van der Waals surface area contributed by atoms with Crippen LogP contribution in [0.2, 0.25) is 0 Å². The molecule has 0 fully saturated rings. The normalized spacial score (nSPS) is 15.4. The smallest absolute Gasteiger partial charge is 0.333 e. The number of aliphatic carboxylic acids is 2. The number of hydrogen-bond donors (Lipinski definition) is 3. The molecule has 2 atom stereocenters. The van der Waals surface area contributed by atoms with Gasteiger partial charge in [-0.15, -0.1) is 0 Å². The predicted molar refractivity (Wildman–Crippen MR) is 44.2 cm³/mol. The van der Waals surface area contributed by atoms with Crippen LogP contribution in [0.1, 0.15) is 20.3 Å². The lowest BCUT2D eigenvalue weighted by Gasteiger charge is -2.17. The molecule has 3 N–H and O–H groups in total. The fourth-order valence-electron chi connectivity index (χ4n) is 1.04. The molecule has 0 rings (SSSR count). The number of aliphatic hydroxyl groups is 1. The molecule has 0 unspecified atom stereocenters. The first-order valence-electron chi connectivity index (χ1n) is 4.00. The number of carboxylic acids is 2. The Morgan fingerprint density at radius 1 is 1.15 bits per heavy atom. The van der Waals surface area contributed by atoms with Crippen LogP contribution in [-0.4, -0.2) is 33.4 Å². The monoisotopic (exact) mass is 190 g/mol. The summed E-state index contributed by atoms with van der Waals surface area (Å²) in [6.07, 6.45) is -1.66. The van der Waals surface area contributed by atoms with E-state index in [1.54, 1.807) is 13.8 Å². The van der Waals surface area contributed by atoms with Gasteiger partial charge in [0.25, 0.3) is 0 Å². The molecule has 0 spiro atoms. The molecule has 0 saturated heterocycles. The van der Waals surface area contributed by atoms with Gasteiger partial charge in [0.05, 0.1) is 5.92 Å². The number of hydrogen-bond acceptors (Lipinski definition) is 3. The van der Waals surface area contributed by atoms with E-state index in [0.29, 0.717) is 0 Å². The maximum Gasteiger partial charge on any atom is 0.333 e. The van der Waals surface area contributed by atoms with E-state index in [1.807, 2.05) is 0 Å².